The fourth-order valence-corrected chi connectivity index (χ4v) is 2.32. The Morgan fingerprint density at radius 3 is 2.75 bits per heavy atom. The van der Waals surface area contributed by atoms with Gasteiger partial charge < -0.3 is 20.9 Å². The van der Waals surface area contributed by atoms with Gasteiger partial charge in [-0.1, -0.05) is 19.9 Å². The van der Waals surface area contributed by atoms with E-state index in [0.29, 0.717) is 18.3 Å². The number of halogens is 1. The lowest BCUT2D eigenvalue weighted by Gasteiger charge is -2.16. The summed E-state index contributed by atoms with van der Waals surface area (Å²) in [5, 5.41) is 12.9. The summed E-state index contributed by atoms with van der Waals surface area (Å²) in [4.78, 5) is 10.9. The van der Waals surface area contributed by atoms with Gasteiger partial charge in [0.1, 0.15) is 18.5 Å². The first kappa shape index (κ1) is 17.2. The van der Waals surface area contributed by atoms with Crippen LogP contribution in [0.1, 0.15) is 19.4 Å². The molecule has 0 aromatic heterocycles. The molecule has 20 heavy (non-hydrogen) atoms. The molecule has 0 aliphatic heterocycles. The van der Waals surface area contributed by atoms with Gasteiger partial charge in [0.25, 0.3) is 0 Å². The van der Waals surface area contributed by atoms with Gasteiger partial charge in [-0.3, -0.25) is 4.79 Å². The van der Waals surface area contributed by atoms with E-state index in [1.807, 2.05) is 19.9 Å². The van der Waals surface area contributed by atoms with Crippen LogP contribution in [0.5, 0.6) is 5.75 Å². The van der Waals surface area contributed by atoms with Crippen molar-refractivity contribution in [2.75, 3.05) is 13.2 Å². The summed E-state index contributed by atoms with van der Waals surface area (Å²) in [6, 6.07) is 5.79. The number of ether oxygens (including phenoxy) is 1. The molecule has 1 atom stereocenters. The molecule has 0 bridgehead atoms. The Bertz CT molecular complexity index is 452. The summed E-state index contributed by atoms with van der Waals surface area (Å²) in [5.41, 5.74) is 6.01. The number of hydrogen-bond donors (Lipinski definition) is 3. The fourth-order valence-electron chi connectivity index (χ4n) is 1.59. The van der Waals surface area contributed by atoms with E-state index >= 15 is 0 Å². The van der Waals surface area contributed by atoms with Crippen LogP contribution in [0.2, 0.25) is 0 Å². The summed E-state index contributed by atoms with van der Waals surface area (Å²) in [6.45, 7) is 4.76. The smallest absolute Gasteiger partial charge is 0.221 e. The van der Waals surface area contributed by atoms with E-state index in [0.717, 1.165) is 9.13 Å². The third-order valence-electron chi connectivity index (χ3n) is 2.57. The Kier molecular flexibility index (Phi) is 7.25. The van der Waals surface area contributed by atoms with Crippen LogP contribution in [0.25, 0.3) is 0 Å². The monoisotopic (exact) mass is 392 g/mol. The fraction of sp³-hybridized carbons (Fsp3) is 0.500. The third kappa shape index (κ3) is 6.53. The van der Waals surface area contributed by atoms with Gasteiger partial charge in [0, 0.05) is 12.6 Å². The Morgan fingerprint density at radius 2 is 2.20 bits per heavy atom. The van der Waals surface area contributed by atoms with Gasteiger partial charge >= 0.3 is 0 Å². The zero-order chi connectivity index (χ0) is 15.1. The molecular formula is C14H21IN2O3. The second kappa shape index (κ2) is 8.43. The maximum atomic E-state index is 10.9. The van der Waals surface area contributed by atoms with Gasteiger partial charge in [0.05, 0.1) is 9.99 Å². The first-order valence-electron chi connectivity index (χ1n) is 6.49. The molecule has 5 nitrogen and oxygen atoms in total. The number of carbonyl (C=O) groups is 1. The number of rotatable bonds is 8. The van der Waals surface area contributed by atoms with Gasteiger partial charge in [-0.25, -0.2) is 0 Å². The first-order chi connectivity index (χ1) is 9.38. The molecule has 0 saturated heterocycles. The summed E-state index contributed by atoms with van der Waals surface area (Å²) in [5.74, 6) is 0.340. The summed E-state index contributed by atoms with van der Waals surface area (Å²) < 4.78 is 6.47. The number of benzene rings is 1. The normalized spacial score (nSPS) is 12.4. The zero-order valence-corrected chi connectivity index (χ0v) is 13.9. The van der Waals surface area contributed by atoms with Crippen molar-refractivity contribution in [3.05, 3.63) is 27.3 Å². The van der Waals surface area contributed by atoms with Crippen LogP contribution in [0.4, 0.5) is 0 Å². The highest BCUT2D eigenvalue weighted by atomic mass is 127. The SMILES string of the molecule is CC(C)NCC(O)COc1ccc(CC(N)=O)cc1I. The maximum Gasteiger partial charge on any atom is 0.221 e. The molecule has 6 heteroatoms. The van der Waals surface area contributed by atoms with Gasteiger partial charge in [-0.2, -0.15) is 0 Å². The highest BCUT2D eigenvalue weighted by Crippen LogP contribution is 2.22. The van der Waals surface area contributed by atoms with E-state index in [1.54, 1.807) is 12.1 Å². The van der Waals surface area contributed by atoms with Crippen molar-refractivity contribution in [3.8, 4) is 5.75 Å². The molecule has 4 N–H and O–H groups in total. The van der Waals surface area contributed by atoms with E-state index in [9.17, 15) is 9.90 Å². The molecule has 0 aliphatic carbocycles. The highest BCUT2D eigenvalue weighted by molar-refractivity contribution is 14.1. The van der Waals surface area contributed by atoms with Gasteiger partial charge in [0.2, 0.25) is 5.91 Å². The number of aliphatic hydroxyl groups excluding tert-OH is 1. The van der Waals surface area contributed by atoms with Crippen LogP contribution < -0.4 is 15.8 Å². The van der Waals surface area contributed by atoms with Gasteiger partial charge in [-0.15, -0.1) is 0 Å². The Hall–Kier alpha value is -0.860. The Morgan fingerprint density at radius 1 is 1.50 bits per heavy atom. The molecule has 0 aliphatic rings. The van der Waals surface area contributed by atoms with Crippen molar-refractivity contribution < 1.29 is 14.6 Å². The molecule has 1 amide bonds. The number of amides is 1. The molecule has 1 rings (SSSR count). The predicted octanol–water partition coefficient (Wildman–Crippen LogP) is 1.06. The van der Waals surface area contributed by atoms with E-state index in [1.165, 1.54) is 0 Å². The topological polar surface area (TPSA) is 84.6 Å². The highest BCUT2D eigenvalue weighted by Gasteiger charge is 2.09. The van der Waals surface area contributed by atoms with Crippen molar-refractivity contribution in [3.63, 3.8) is 0 Å². The summed E-state index contributed by atoms with van der Waals surface area (Å²) >= 11 is 2.14. The lowest BCUT2D eigenvalue weighted by molar-refractivity contribution is -0.117. The molecule has 1 aromatic carbocycles. The number of nitrogens with one attached hydrogen (secondary N) is 1. The molecular weight excluding hydrogens is 371 g/mol. The Labute approximate surface area is 133 Å². The number of aliphatic hydroxyl groups is 1. The zero-order valence-electron chi connectivity index (χ0n) is 11.7. The van der Waals surface area contributed by atoms with E-state index in [2.05, 4.69) is 27.9 Å². The van der Waals surface area contributed by atoms with Crippen molar-refractivity contribution in [2.45, 2.75) is 32.4 Å². The molecule has 1 aromatic rings. The van der Waals surface area contributed by atoms with Gasteiger partial charge in [0.15, 0.2) is 0 Å². The van der Waals surface area contributed by atoms with E-state index < -0.39 is 6.10 Å². The van der Waals surface area contributed by atoms with Crippen LogP contribution in [0.15, 0.2) is 18.2 Å². The minimum atomic E-state index is -0.557. The molecule has 112 valence electrons. The van der Waals surface area contributed by atoms with Crippen molar-refractivity contribution in [2.24, 2.45) is 5.73 Å². The largest absolute Gasteiger partial charge is 0.490 e. The number of primary amides is 1. The lowest BCUT2D eigenvalue weighted by Crippen LogP contribution is -2.35. The second-order valence-corrected chi connectivity index (χ2v) is 6.10. The quantitative estimate of drug-likeness (QED) is 0.578. The second-order valence-electron chi connectivity index (χ2n) is 4.94. The molecule has 0 spiro atoms. The van der Waals surface area contributed by atoms with Crippen LogP contribution >= 0.6 is 22.6 Å². The maximum absolute atomic E-state index is 10.9. The molecule has 0 fully saturated rings. The third-order valence-corrected chi connectivity index (χ3v) is 3.41. The minimum absolute atomic E-state index is 0.219. The number of nitrogens with two attached hydrogens (primary N) is 1. The molecule has 0 saturated carbocycles. The van der Waals surface area contributed by atoms with Gasteiger partial charge in [-0.05, 0) is 40.3 Å². The average Bonchev–Trinajstić information content (AvgIpc) is 2.34. The van der Waals surface area contributed by atoms with Crippen molar-refractivity contribution in [1.29, 1.82) is 0 Å². The predicted molar refractivity (Wildman–Crippen MR) is 86.7 cm³/mol. The number of carbonyl (C=O) groups excluding carboxylic acids is 1. The van der Waals surface area contributed by atoms with Crippen LogP contribution in [-0.2, 0) is 11.2 Å². The van der Waals surface area contributed by atoms with E-state index in [4.69, 9.17) is 10.5 Å². The molecule has 1 unspecified atom stereocenters. The minimum Gasteiger partial charge on any atom is -0.490 e. The standard InChI is InChI=1S/C14H21IN2O3/c1-9(2)17-7-11(18)8-20-13-4-3-10(5-12(13)15)6-14(16)19/h3-5,9,11,17-18H,6-8H2,1-2H3,(H2,16,19). The van der Waals surface area contributed by atoms with Crippen LogP contribution in [0.3, 0.4) is 0 Å². The summed E-state index contributed by atoms with van der Waals surface area (Å²) in [6.07, 6.45) is -0.337. The Balaban J connectivity index is 2.50. The van der Waals surface area contributed by atoms with Crippen LogP contribution in [0, 0.1) is 3.57 Å². The summed E-state index contributed by atoms with van der Waals surface area (Å²) in [7, 11) is 0. The van der Waals surface area contributed by atoms with E-state index in [-0.39, 0.29) is 18.9 Å². The van der Waals surface area contributed by atoms with Crippen molar-refractivity contribution in [1.82, 2.24) is 5.32 Å². The lowest BCUT2D eigenvalue weighted by atomic mass is 10.1. The first-order valence-corrected chi connectivity index (χ1v) is 7.57. The van der Waals surface area contributed by atoms with Crippen LogP contribution in [-0.4, -0.2) is 36.3 Å². The number of hydrogen-bond acceptors (Lipinski definition) is 4. The molecule has 0 radical (unpaired) electrons. The van der Waals surface area contributed by atoms with Crippen molar-refractivity contribution >= 4 is 28.5 Å². The molecule has 0 heterocycles. The average molecular weight is 392 g/mol.